The molecule has 0 aliphatic rings. The van der Waals surface area contributed by atoms with E-state index in [1.54, 1.807) is 6.07 Å². The number of rotatable bonds is 6. The largest absolute Gasteiger partial charge is 0.457 e. The summed E-state index contributed by atoms with van der Waals surface area (Å²) in [7, 11) is 0. The summed E-state index contributed by atoms with van der Waals surface area (Å²) < 4.78 is 18.6. The number of nitrogens with one attached hydrogen (secondary N) is 2. The summed E-state index contributed by atoms with van der Waals surface area (Å²) in [5, 5.41) is 30.5. The van der Waals surface area contributed by atoms with Crippen LogP contribution < -0.4 is 15.9 Å². The van der Waals surface area contributed by atoms with Crippen molar-refractivity contribution >= 4 is 34.5 Å². The fourth-order valence-corrected chi connectivity index (χ4v) is 1.93. The summed E-state index contributed by atoms with van der Waals surface area (Å²) in [6, 6.07) is 8.83. The molecule has 9 nitrogen and oxygen atoms in total. The van der Waals surface area contributed by atoms with Crippen LogP contribution in [0.1, 0.15) is 0 Å². The predicted octanol–water partition coefficient (Wildman–Crippen LogP) is 3.41. The Bertz CT molecular complexity index is 957. The lowest BCUT2D eigenvalue weighted by Crippen LogP contribution is -2.21. The molecule has 2 rings (SSSR count). The molecule has 0 aliphatic heterocycles. The van der Waals surface area contributed by atoms with Crippen molar-refractivity contribution in [1.29, 1.82) is 10.7 Å². The summed E-state index contributed by atoms with van der Waals surface area (Å²) in [6.45, 7) is 0. The van der Waals surface area contributed by atoms with E-state index in [9.17, 15) is 14.5 Å². The van der Waals surface area contributed by atoms with Crippen LogP contribution in [-0.2, 0) is 0 Å². The number of amidine groups is 1. The van der Waals surface area contributed by atoms with Gasteiger partial charge in [0.15, 0.2) is 5.84 Å². The zero-order valence-corrected chi connectivity index (χ0v) is 13.6. The van der Waals surface area contributed by atoms with Crippen LogP contribution in [0.5, 0.6) is 11.5 Å². The van der Waals surface area contributed by atoms with Gasteiger partial charge in [0.2, 0.25) is 5.71 Å². The third-order valence-corrected chi connectivity index (χ3v) is 3.18. The molecule has 2 aromatic rings. The number of hydrogen-bond donors (Lipinski definition) is 3. The van der Waals surface area contributed by atoms with Gasteiger partial charge in [-0.25, -0.2) is 4.39 Å². The molecule has 0 atom stereocenters. The van der Waals surface area contributed by atoms with Crippen molar-refractivity contribution in [3.05, 3.63) is 57.4 Å². The maximum absolute atomic E-state index is 13.2. The van der Waals surface area contributed by atoms with Crippen molar-refractivity contribution in [2.75, 3.05) is 5.43 Å². The second-order valence-corrected chi connectivity index (χ2v) is 5.16. The number of non-ortho nitro benzene ring substituents is 1. The molecule has 0 aliphatic carbocycles. The van der Waals surface area contributed by atoms with Crippen molar-refractivity contribution in [2.24, 2.45) is 10.8 Å². The summed E-state index contributed by atoms with van der Waals surface area (Å²) in [6.07, 6.45) is 0. The molecule has 0 saturated carbocycles. The number of nitriles is 1. The summed E-state index contributed by atoms with van der Waals surface area (Å²) >= 11 is 5.67. The molecule has 0 unspecified atom stereocenters. The number of nitro groups is 1. The molecular weight excluding hydrogens is 367 g/mol. The molecule has 0 fully saturated rings. The van der Waals surface area contributed by atoms with Gasteiger partial charge >= 0.3 is 0 Å². The number of benzene rings is 2. The Morgan fingerprint density at radius 2 is 2.12 bits per heavy atom. The SMILES string of the molecule is N#C/C(=N\Nc1cc(Oc2ccc(F)c(Cl)c2)cc([N+](=O)[O-])c1)C(=N)N. The highest BCUT2D eigenvalue weighted by Crippen LogP contribution is 2.31. The minimum absolute atomic E-state index is 0.0425. The zero-order chi connectivity index (χ0) is 19.3. The fraction of sp³-hybridized carbons (Fsp3) is 0. The van der Waals surface area contributed by atoms with E-state index >= 15 is 0 Å². The van der Waals surface area contributed by atoms with E-state index in [1.165, 1.54) is 18.2 Å². The molecule has 0 radical (unpaired) electrons. The van der Waals surface area contributed by atoms with Gasteiger partial charge in [0.25, 0.3) is 5.69 Å². The van der Waals surface area contributed by atoms with Crippen molar-refractivity contribution in [3.63, 3.8) is 0 Å². The number of nitrogens with two attached hydrogens (primary N) is 1. The number of anilines is 1. The summed E-state index contributed by atoms with van der Waals surface area (Å²) in [5.41, 5.74) is 6.94. The van der Waals surface area contributed by atoms with Crippen LogP contribution in [0.4, 0.5) is 15.8 Å². The molecule has 0 saturated heterocycles. The van der Waals surface area contributed by atoms with E-state index in [-0.39, 0.29) is 27.9 Å². The molecule has 0 spiro atoms. The van der Waals surface area contributed by atoms with Gasteiger partial charge in [-0.05, 0) is 12.1 Å². The molecule has 4 N–H and O–H groups in total. The van der Waals surface area contributed by atoms with E-state index in [0.29, 0.717) is 0 Å². The number of hydrazone groups is 1. The Balaban J connectivity index is 2.36. The molecule has 0 bridgehead atoms. The molecule has 26 heavy (non-hydrogen) atoms. The van der Waals surface area contributed by atoms with Crippen molar-refractivity contribution in [3.8, 4) is 17.6 Å². The van der Waals surface area contributed by atoms with Gasteiger partial charge < -0.3 is 10.5 Å². The lowest BCUT2D eigenvalue weighted by molar-refractivity contribution is -0.384. The van der Waals surface area contributed by atoms with Crippen LogP contribution in [-0.4, -0.2) is 16.5 Å². The maximum Gasteiger partial charge on any atom is 0.275 e. The van der Waals surface area contributed by atoms with Crippen molar-refractivity contribution in [2.45, 2.75) is 0 Å². The quantitative estimate of drug-likeness (QED) is 0.304. The van der Waals surface area contributed by atoms with E-state index in [1.807, 2.05) is 0 Å². The Morgan fingerprint density at radius 3 is 2.69 bits per heavy atom. The lowest BCUT2D eigenvalue weighted by atomic mass is 10.2. The van der Waals surface area contributed by atoms with Gasteiger partial charge in [-0.1, -0.05) is 11.6 Å². The van der Waals surface area contributed by atoms with Crippen LogP contribution in [0.3, 0.4) is 0 Å². The average Bonchev–Trinajstić information content (AvgIpc) is 2.58. The highest BCUT2D eigenvalue weighted by Gasteiger charge is 2.12. The number of ether oxygens (including phenoxy) is 1. The third-order valence-electron chi connectivity index (χ3n) is 2.89. The van der Waals surface area contributed by atoms with Crippen molar-refractivity contribution < 1.29 is 14.1 Å². The molecule has 0 amide bonds. The van der Waals surface area contributed by atoms with Crippen LogP contribution in [0, 0.1) is 32.7 Å². The Hall–Kier alpha value is -3.71. The highest BCUT2D eigenvalue weighted by molar-refractivity contribution is 6.45. The molecule has 0 heterocycles. The molecular formula is C15H10ClFN6O3. The predicted molar refractivity (Wildman–Crippen MR) is 93.2 cm³/mol. The number of hydrogen-bond acceptors (Lipinski definition) is 7. The first-order valence-electron chi connectivity index (χ1n) is 6.80. The van der Waals surface area contributed by atoms with Gasteiger partial charge in [0.05, 0.1) is 21.7 Å². The normalized spacial score (nSPS) is 10.7. The van der Waals surface area contributed by atoms with E-state index in [2.05, 4.69) is 10.5 Å². The van der Waals surface area contributed by atoms with Gasteiger partial charge in [-0.3, -0.25) is 20.9 Å². The first-order chi connectivity index (χ1) is 12.3. The second-order valence-electron chi connectivity index (χ2n) is 4.75. The first kappa shape index (κ1) is 18.6. The minimum Gasteiger partial charge on any atom is -0.457 e. The lowest BCUT2D eigenvalue weighted by Gasteiger charge is -2.09. The Morgan fingerprint density at radius 1 is 1.38 bits per heavy atom. The molecule has 132 valence electrons. The highest BCUT2D eigenvalue weighted by atomic mass is 35.5. The standard InChI is InChI=1S/C15H10ClFN6O3/c16-12-6-10(1-2-13(12)17)26-11-4-8(3-9(5-11)23(24)25)21-22-14(7-18)15(19)20/h1-6,21H,(H3,19,20)/b22-14+. The molecule has 0 aromatic heterocycles. The van der Waals surface area contributed by atoms with Crippen LogP contribution >= 0.6 is 11.6 Å². The third kappa shape index (κ3) is 4.65. The number of nitrogens with zero attached hydrogens (tertiary/aromatic N) is 3. The maximum atomic E-state index is 13.2. The van der Waals surface area contributed by atoms with Crippen LogP contribution in [0.15, 0.2) is 41.5 Å². The van der Waals surface area contributed by atoms with Crippen LogP contribution in [0.2, 0.25) is 5.02 Å². The number of nitro benzene ring substituents is 1. The molecule has 11 heteroatoms. The summed E-state index contributed by atoms with van der Waals surface area (Å²) in [5.74, 6) is -1.00. The Kier molecular flexibility index (Phi) is 5.67. The second kappa shape index (κ2) is 7.91. The summed E-state index contributed by atoms with van der Waals surface area (Å²) in [4.78, 5) is 10.4. The van der Waals surface area contributed by atoms with Gasteiger partial charge in [0, 0.05) is 18.2 Å². The fourth-order valence-electron chi connectivity index (χ4n) is 1.75. The van der Waals surface area contributed by atoms with Gasteiger partial charge in [-0.15, -0.1) is 0 Å². The van der Waals surface area contributed by atoms with Crippen LogP contribution in [0.25, 0.3) is 0 Å². The topological polar surface area (TPSA) is 150 Å². The van der Waals surface area contributed by atoms with Crippen molar-refractivity contribution in [1.82, 2.24) is 0 Å². The first-order valence-corrected chi connectivity index (χ1v) is 7.18. The zero-order valence-electron chi connectivity index (χ0n) is 12.9. The van der Waals surface area contributed by atoms with E-state index in [4.69, 9.17) is 32.7 Å². The Labute approximate surface area is 151 Å². The van der Waals surface area contributed by atoms with Gasteiger partial charge in [0.1, 0.15) is 23.4 Å². The minimum atomic E-state index is -0.657. The molecule has 2 aromatic carbocycles. The van der Waals surface area contributed by atoms with E-state index in [0.717, 1.165) is 18.2 Å². The van der Waals surface area contributed by atoms with E-state index < -0.39 is 22.3 Å². The van der Waals surface area contributed by atoms with Gasteiger partial charge in [-0.2, -0.15) is 10.4 Å². The monoisotopic (exact) mass is 376 g/mol. The number of halogens is 2. The average molecular weight is 377 g/mol. The smallest absolute Gasteiger partial charge is 0.275 e.